The Kier molecular flexibility index (Phi) is 21.7. The van der Waals surface area contributed by atoms with Gasteiger partial charge in [0.05, 0.1) is 37.7 Å². The van der Waals surface area contributed by atoms with Crippen LogP contribution in [0, 0.1) is 0 Å². The topological polar surface area (TPSA) is 180 Å². The van der Waals surface area contributed by atoms with E-state index < -0.39 is 33.3 Å². The van der Waals surface area contributed by atoms with Crippen LogP contribution in [0.15, 0.2) is 175 Å². The van der Waals surface area contributed by atoms with Crippen LogP contribution in [0.3, 0.4) is 0 Å². The van der Waals surface area contributed by atoms with E-state index in [2.05, 4.69) is 91.3 Å². The summed E-state index contributed by atoms with van der Waals surface area (Å²) in [6.45, 7) is 12.0. The summed E-state index contributed by atoms with van der Waals surface area (Å²) in [4.78, 5) is 30.2. The molecule has 2 unspecified atom stereocenters. The van der Waals surface area contributed by atoms with E-state index in [0.29, 0.717) is 42.4 Å². The summed E-state index contributed by atoms with van der Waals surface area (Å²) in [6.07, 6.45) is 14.1. The third-order valence-electron chi connectivity index (χ3n) is 16.3. The fourth-order valence-electron chi connectivity index (χ4n) is 11.7. The number of piperidine rings is 2. The van der Waals surface area contributed by atoms with Crippen LogP contribution < -0.4 is 34.1 Å². The van der Waals surface area contributed by atoms with E-state index in [-0.39, 0.29) is 17.7 Å². The number of carbonyl (C=O) groups is 2. The van der Waals surface area contributed by atoms with Gasteiger partial charge in [-0.2, -0.15) is 4.68 Å². The average Bonchev–Trinajstić information content (AvgIpc) is 1.11. The summed E-state index contributed by atoms with van der Waals surface area (Å²) in [5.74, 6) is 2.07. The number of ether oxygens (including phenoxy) is 5. The second-order valence-corrected chi connectivity index (χ2v) is 25.7. The number of para-hydroxylation sites is 1. The number of rotatable bonds is 17. The van der Waals surface area contributed by atoms with E-state index in [4.69, 9.17) is 23.7 Å². The van der Waals surface area contributed by atoms with Crippen molar-refractivity contribution < 1.29 is 41.7 Å². The molecular weight excluding hydrogens is 1150 g/mol. The molecule has 4 aliphatic heterocycles. The summed E-state index contributed by atoms with van der Waals surface area (Å²) in [6, 6.07) is 52.7. The highest BCUT2D eigenvalue weighted by Crippen LogP contribution is 2.41. The van der Waals surface area contributed by atoms with Crippen molar-refractivity contribution in [3.05, 3.63) is 214 Å². The van der Waals surface area contributed by atoms with E-state index in [1.54, 1.807) is 58.2 Å². The number of hydrogen-bond donors (Lipinski definition) is 1. The summed E-state index contributed by atoms with van der Waals surface area (Å²) in [5, 5.41) is 14.7. The van der Waals surface area contributed by atoms with Gasteiger partial charge in [-0.05, 0) is 194 Å². The van der Waals surface area contributed by atoms with Crippen LogP contribution in [-0.4, -0.2) is 111 Å². The minimum absolute atomic E-state index is 0.155. The molecule has 7 aromatic carbocycles. The lowest BCUT2D eigenvalue weighted by molar-refractivity contribution is 0.0162. The molecule has 2 fully saturated rings. The molecular formula is C72H82N8O9S. The van der Waals surface area contributed by atoms with Gasteiger partial charge in [-0.15, -0.1) is 0 Å². The highest BCUT2D eigenvalue weighted by molar-refractivity contribution is 7.91. The van der Waals surface area contributed by atoms with Gasteiger partial charge in [-0.25, -0.2) is 13.2 Å². The number of amides is 1. The molecule has 2 saturated heterocycles. The molecule has 1 N–H and O–H groups in total. The van der Waals surface area contributed by atoms with Gasteiger partial charge in [0, 0.05) is 56.2 Å². The predicted molar refractivity (Wildman–Crippen MR) is 352 cm³/mol. The number of nitrogens with zero attached hydrogens (tertiary/aromatic N) is 7. The molecule has 0 radical (unpaired) electrons. The Labute approximate surface area is 529 Å². The average molecular weight is 1240 g/mol. The van der Waals surface area contributed by atoms with Gasteiger partial charge in [0.25, 0.3) is 5.16 Å². The second-order valence-electron chi connectivity index (χ2n) is 23.8. The van der Waals surface area contributed by atoms with Crippen molar-refractivity contribution >= 4 is 39.7 Å². The molecule has 0 bridgehead atoms. The molecule has 90 heavy (non-hydrogen) atoms. The number of aldehydes is 1. The van der Waals surface area contributed by atoms with Gasteiger partial charge in [0.15, 0.2) is 23.0 Å². The van der Waals surface area contributed by atoms with E-state index in [1.807, 2.05) is 84.9 Å². The molecule has 1 aromatic heterocycles. The normalized spacial score (nSPS) is 16.5. The summed E-state index contributed by atoms with van der Waals surface area (Å²) < 4.78 is 58.3. The molecule has 17 nitrogen and oxygen atoms in total. The zero-order valence-electron chi connectivity index (χ0n) is 52.2. The van der Waals surface area contributed by atoms with Crippen LogP contribution in [0.2, 0.25) is 0 Å². The number of carbonyl (C=O) groups excluding carboxylic acids is 2. The quantitative estimate of drug-likeness (QED) is 0.0850. The van der Waals surface area contributed by atoms with Crippen LogP contribution in [0.4, 0.5) is 16.2 Å². The first-order valence-corrected chi connectivity index (χ1v) is 32.8. The largest absolute Gasteiger partial charge is 0.493 e. The number of fused-ring (bicyclic) bond motifs is 2. The first kappa shape index (κ1) is 64.0. The smallest absolute Gasteiger partial charge is 0.410 e. The number of hydrogen-bond acceptors (Lipinski definition) is 15. The number of aromatic nitrogens is 4. The monoisotopic (exact) mass is 1230 g/mol. The number of anilines is 2. The maximum atomic E-state index is 13.9. The number of tetrazole rings is 1. The summed E-state index contributed by atoms with van der Waals surface area (Å²) >= 11 is 0. The Morgan fingerprint density at radius 3 is 1.63 bits per heavy atom. The Balaban J connectivity index is 0.000000165. The fourth-order valence-corrected chi connectivity index (χ4v) is 13.2. The van der Waals surface area contributed by atoms with Crippen LogP contribution in [-0.2, 0) is 40.6 Å². The molecule has 0 spiro atoms. The number of benzene rings is 7. The maximum absolute atomic E-state index is 13.9. The zero-order valence-corrected chi connectivity index (χ0v) is 53.0. The molecule has 8 aromatic rings. The predicted octanol–water partition coefficient (Wildman–Crippen LogP) is 13.2. The van der Waals surface area contributed by atoms with Crippen LogP contribution in [0.25, 0.3) is 11.8 Å². The van der Waals surface area contributed by atoms with Crippen molar-refractivity contribution in [2.24, 2.45) is 0 Å². The van der Waals surface area contributed by atoms with Gasteiger partial charge < -0.3 is 38.8 Å². The van der Waals surface area contributed by atoms with Crippen molar-refractivity contribution in [2.45, 2.75) is 108 Å². The Morgan fingerprint density at radius 2 is 1.11 bits per heavy atom. The molecule has 4 aliphatic rings. The van der Waals surface area contributed by atoms with E-state index in [0.717, 1.165) is 66.1 Å². The number of nitrogens with one attached hydrogen (secondary N) is 1. The SMILES string of the molecule is COc1cc2c(cc1OCc1ccccc1)CCN(C(=O)OC(C)(C)C)C2CS(=O)(=O)c1nnnn1-c1ccccc1.COc1cc2c(cc1OCc1ccccc1)CCNC2/C=C/c1ccc(N2CCCCC2)cc1.O=Cc1ccc(N2CCCCC2)cc1. The second kappa shape index (κ2) is 30.5. The van der Waals surface area contributed by atoms with Crippen LogP contribution in [0.1, 0.15) is 121 Å². The first-order valence-electron chi connectivity index (χ1n) is 31.1. The summed E-state index contributed by atoms with van der Waals surface area (Å²) in [5.41, 5.74) is 10.5. The molecule has 18 heteroatoms. The Bertz CT molecular complexity index is 3760. The zero-order chi connectivity index (χ0) is 62.9. The van der Waals surface area contributed by atoms with Gasteiger partial charge in [-0.3, -0.25) is 9.69 Å². The molecule has 2 atom stereocenters. The lowest BCUT2D eigenvalue weighted by Crippen LogP contribution is -2.45. The van der Waals surface area contributed by atoms with Crippen LogP contribution in [0.5, 0.6) is 23.0 Å². The standard InChI is InChI=1S/C30H33N5O6S.C30H34N2O2.C12H15NO/c1-30(2,3)41-29(36)34-16-15-22-17-27(40-19-21-11-7-5-8-12-21)26(39-4)18-24(22)25(34)20-42(37,38)28-31-32-33-35(28)23-13-9-6-10-14-23;1-33-29-21-27-25(20-30(29)34-22-24-8-4-2-5-9-24)16-17-31-28(27)15-12-23-10-13-26(14-11-23)32-18-6-3-7-19-32;14-10-11-4-6-12(7-5-11)13-8-2-1-3-9-13/h5-14,17-18,25H,15-16,19-20H2,1-4H3;2,4-5,8-15,20-21,28,31H,3,6-7,16-19,22H2,1H3;4-7,10H,1-3,8-9H2/b;15-12+;. The lowest BCUT2D eigenvalue weighted by atomic mass is 9.93. The number of methoxy groups -OCH3 is 2. The van der Waals surface area contributed by atoms with Crippen LogP contribution >= 0.6 is 0 Å². The first-order chi connectivity index (χ1) is 43.7. The Hall–Kier alpha value is -9.00. The van der Waals surface area contributed by atoms with E-state index in [9.17, 15) is 18.0 Å². The highest BCUT2D eigenvalue weighted by atomic mass is 32.2. The molecule has 0 aliphatic carbocycles. The third-order valence-corrected chi connectivity index (χ3v) is 17.9. The van der Waals surface area contributed by atoms with Crippen molar-refractivity contribution in [3.8, 4) is 28.7 Å². The number of sulfone groups is 1. The molecule has 0 saturated carbocycles. The maximum Gasteiger partial charge on any atom is 0.410 e. The molecule has 470 valence electrons. The minimum Gasteiger partial charge on any atom is -0.493 e. The third kappa shape index (κ3) is 16.8. The lowest BCUT2D eigenvalue weighted by Gasteiger charge is -2.38. The Morgan fingerprint density at radius 1 is 0.600 bits per heavy atom. The summed E-state index contributed by atoms with van der Waals surface area (Å²) in [7, 11) is -0.889. The molecule has 12 rings (SSSR count). The fraction of sp³-hybridized carbons (Fsp3) is 0.347. The van der Waals surface area contributed by atoms with E-state index >= 15 is 0 Å². The van der Waals surface area contributed by atoms with Crippen molar-refractivity contribution in [1.82, 2.24) is 30.4 Å². The van der Waals surface area contributed by atoms with Crippen molar-refractivity contribution in [3.63, 3.8) is 0 Å². The van der Waals surface area contributed by atoms with Gasteiger partial charge >= 0.3 is 6.09 Å². The van der Waals surface area contributed by atoms with Crippen molar-refractivity contribution in [1.29, 1.82) is 0 Å². The molecule has 1 amide bonds. The van der Waals surface area contributed by atoms with Gasteiger partial charge in [-0.1, -0.05) is 108 Å². The van der Waals surface area contributed by atoms with E-state index in [1.165, 1.54) is 96.4 Å². The minimum atomic E-state index is -4.12. The van der Waals surface area contributed by atoms with Crippen molar-refractivity contribution in [2.75, 3.05) is 69.0 Å². The molecule has 5 heterocycles. The van der Waals surface area contributed by atoms with Gasteiger partial charge in [0.1, 0.15) is 25.1 Å². The van der Waals surface area contributed by atoms with Gasteiger partial charge in [0.2, 0.25) is 9.84 Å². The highest BCUT2D eigenvalue weighted by Gasteiger charge is 2.40.